The lowest BCUT2D eigenvalue weighted by molar-refractivity contribution is -0.200. The predicted molar refractivity (Wildman–Crippen MR) is 88.6 cm³/mol. The summed E-state index contributed by atoms with van der Waals surface area (Å²) in [6.45, 7) is 4.02. The van der Waals surface area contributed by atoms with Gasteiger partial charge in [0.15, 0.2) is 6.29 Å². The molecule has 0 aliphatic carbocycles. The van der Waals surface area contributed by atoms with Gasteiger partial charge in [0, 0.05) is 20.1 Å². The molecule has 134 valence electrons. The van der Waals surface area contributed by atoms with Gasteiger partial charge in [-0.05, 0) is 49.9 Å². The Kier molecular flexibility index (Phi) is 6.34. The Labute approximate surface area is 142 Å². The second kappa shape index (κ2) is 8.06. The van der Waals surface area contributed by atoms with Crippen LogP contribution in [0.3, 0.4) is 0 Å². The molecule has 0 bridgehead atoms. The highest BCUT2D eigenvalue weighted by Gasteiger charge is 2.24. The summed E-state index contributed by atoms with van der Waals surface area (Å²) in [7, 11) is -2.37. The zero-order valence-corrected chi connectivity index (χ0v) is 15.1. The number of hydrogen-bond donors (Lipinski definition) is 1. The number of aryl methyl sites for hydroxylation is 2. The molecule has 24 heavy (non-hydrogen) atoms. The van der Waals surface area contributed by atoms with Gasteiger partial charge in [-0.2, -0.15) is 4.31 Å². The van der Waals surface area contributed by atoms with Crippen LogP contribution < -0.4 is 5.48 Å². The highest BCUT2D eigenvalue weighted by atomic mass is 32.2. The maximum Gasteiger partial charge on any atom is 0.258 e. The first kappa shape index (κ1) is 18.9. The van der Waals surface area contributed by atoms with Crippen molar-refractivity contribution >= 4 is 15.9 Å². The highest BCUT2D eigenvalue weighted by Crippen LogP contribution is 2.18. The monoisotopic (exact) mass is 356 g/mol. The first-order valence-corrected chi connectivity index (χ1v) is 9.34. The molecule has 1 atom stereocenters. The summed E-state index contributed by atoms with van der Waals surface area (Å²) >= 11 is 0. The standard InChI is InChI=1S/C16H24N2O5S/c1-12-7-8-14(10-13(12)2)24(20,21)18(3)11-15(19)17-23-16-6-4-5-9-22-16/h7-8,10,16H,4-6,9,11H2,1-3H3,(H,17,19). The van der Waals surface area contributed by atoms with Crippen LogP contribution in [-0.4, -0.2) is 45.1 Å². The molecular formula is C16H24N2O5S. The van der Waals surface area contributed by atoms with Crippen LogP contribution >= 0.6 is 0 Å². The van der Waals surface area contributed by atoms with Gasteiger partial charge < -0.3 is 4.74 Å². The second-order valence-corrected chi connectivity index (χ2v) is 7.99. The van der Waals surface area contributed by atoms with Crippen molar-refractivity contribution in [3.05, 3.63) is 29.3 Å². The van der Waals surface area contributed by atoms with E-state index < -0.39 is 22.2 Å². The third-order valence-electron chi connectivity index (χ3n) is 3.99. The van der Waals surface area contributed by atoms with Crippen LogP contribution in [0, 0.1) is 13.8 Å². The molecule has 1 heterocycles. The zero-order valence-electron chi connectivity index (χ0n) is 14.2. The van der Waals surface area contributed by atoms with Gasteiger partial charge in [-0.1, -0.05) is 6.07 Å². The molecule has 1 aromatic carbocycles. The summed E-state index contributed by atoms with van der Waals surface area (Å²) < 4.78 is 31.4. The fraction of sp³-hybridized carbons (Fsp3) is 0.562. The third-order valence-corrected chi connectivity index (χ3v) is 5.79. The Hall–Kier alpha value is -1.48. The Balaban J connectivity index is 1.92. The average molecular weight is 356 g/mol. The molecule has 1 N–H and O–H groups in total. The molecule has 1 aliphatic rings. The number of nitrogens with one attached hydrogen (secondary N) is 1. The second-order valence-electron chi connectivity index (χ2n) is 5.95. The summed E-state index contributed by atoms with van der Waals surface area (Å²) in [6.07, 6.45) is 2.19. The quantitative estimate of drug-likeness (QED) is 0.781. The fourth-order valence-electron chi connectivity index (χ4n) is 2.31. The number of ether oxygens (including phenoxy) is 1. The maximum atomic E-state index is 12.5. The molecule has 1 unspecified atom stereocenters. The normalized spacial score (nSPS) is 18.6. The van der Waals surface area contributed by atoms with Gasteiger partial charge in [-0.3, -0.25) is 4.79 Å². The average Bonchev–Trinajstić information content (AvgIpc) is 2.56. The number of rotatable bonds is 6. The lowest BCUT2D eigenvalue weighted by Crippen LogP contribution is -2.40. The molecule has 1 amide bonds. The lowest BCUT2D eigenvalue weighted by atomic mass is 10.1. The Morgan fingerprint density at radius 1 is 1.33 bits per heavy atom. The number of benzene rings is 1. The smallest absolute Gasteiger partial charge is 0.258 e. The van der Waals surface area contributed by atoms with Crippen molar-refractivity contribution in [2.45, 2.75) is 44.3 Å². The number of hydroxylamine groups is 1. The first-order chi connectivity index (χ1) is 11.3. The number of sulfonamides is 1. The van der Waals surface area contributed by atoms with E-state index >= 15 is 0 Å². The first-order valence-electron chi connectivity index (χ1n) is 7.90. The van der Waals surface area contributed by atoms with Crippen molar-refractivity contribution in [2.24, 2.45) is 0 Å². The summed E-state index contributed by atoms with van der Waals surface area (Å²) in [5.41, 5.74) is 4.15. The molecule has 1 fully saturated rings. The minimum atomic E-state index is -3.73. The summed E-state index contributed by atoms with van der Waals surface area (Å²) in [5, 5.41) is 0. The number of hydrogen-bond acceptors (Lipinski definition) is 5. The van der Waals surface area contributed by atoms with Crippen molar-refractivity contribution in [1.29, 1.82) is 0 Å². The summed E-state index contributed by atoms with van der Waals surface area (Å²) in [4.78, 5) is 17.2. The minimum Gasteiger partial charge on any atom is -0.350 e. The Morgan fingerprint density at radius 2 is 2.08 bits per heavy atom. The van der Waals surface area contributed by atoms with Crippen molar-refractivity contribution in [3.63, 3.8) is 0 Å². The van der Waals surface area contributed by atoms with Crippen LogP contribution in [-0.2, 0) is 24.4 Å². The van der Waals surface area contributed by atoms with Gasteiger partial charge in [0.05, 0.1) is 11.4 Å². The van der Waals surface area contributed by atoms with Gasteiger partial charge in [0.2, 0.25) is 10.0 Å². The molecule has 1 saturated heterocycles. The summed E-state index contributed by atoms with van der Waals surface area (Å²) in [5.74, 6) is -0.543. The van der Waals surface area contributed by atoms with Crippen LogP contribution in [0.4, 0.5) is 0 Å². The van der Waals surface area contributed by atoms with Gasteiger partial charge in [0.1, 0.15) is 0 Å². The van der Waals surface area contributed by atoms with Gasteiger partial charge in [-0.25, -0.2) is 18.7 Å². The van der Waals surface area contributed by atoms with E-state index in [4.69, 9.17) is 9.57 Å². The van der Waals surface area contributed by atoms with E-state index in [-0.39, 0.29) is 11.4 Å². The SMILES string of the molecule is Cc1ccc(S(=O)(=O)N(C)CC(=O)NOC2CCCCO2)cc1C. The van der Waals surface area contributed by atoms with E-state index in [1.807, 2.05) is 13.8 Å². The minimum absolute atomic E-state index is 0.164. The number of carbonyl (C=O) groups excluding carboxylic acids is 1. The molecule has 1 aromatic rings. The molecule has 0 saturated carbocycles. The fourth-order valence-corrected chi connectivity index (χ4v) is 3.52. The van der Waals surface area contributed by atoms with Crippen LogP contribution in [0.5, 0.6) is 0 Å². The van der Waals surface area contributed by atoms with Crippen LogP contribution in [0.15, 0.2) is 23.1 Å². The van der Waals surface area contributed by atoms with E-state index in [1.54, 1.807) is 18.2 Å². The maximum absolute atomic E-state index is 12.5. The molecule has 0 spiro atoms. The molecule has 0 aromatic heterocycles. The highest BCUT2D eigenvalue weighted by molar-refractivity contribution is 7.89. The molecule has 7 nitrogen and oxygen atoms in total. The lowest BCUT2D eigenvalue weighted by Gasteiger charge is -2.23. The van der Waals surface area contributed by atoms with E-state index in [1.165, 1.54) is 7.05 Å². The van der Waals surface area contributed by atoms with Crippen molar-refractivity contribution < 1.29 is 22.8 Å². The van der Waals surface area contributed by atoms with Crippen molar-refractivity contribution in [3.8, 4) is 0 Å². The van der Waals surface area contributed by atoms with Gasteiger partial charge >= 0.3 is 0 Å². The zero-order chi connectivity index (χ0) is 17.7. The van der Waals surface area contributed by atoms with E-state index in [0.29, 0.717) is 13.0 Å². The molecule has 8 heteroatoms. The predicted octanol–water partition coefficient (Wildman–Crippen LogP) is 1.50. The number of carbonyl (C=O) groups is 1. The van der Waals surface area contributed by atoms with Crippen LogP contribution in [0.2, 0.25) is 0 Å². The molecule has 2 rings (SSSR count). The van der Waals surface area contributed by atoms with Crippen molar-refractivity contribution in [2.75, 3.05) is 20.2 Å². The summed E-state index contributed by atoms with van der Waals surface area (Å²) in [6, 6.07) is 4.89. The molecule has 1 aliphatic heterocycles. The molecule has 0 radical (unpaired) electrons. The Bertz CT molecular complexity index is 684. The topological polar surface area (TPSA) is 84.9 Å². The molecular weight excluding hydrogens is 332 g/mol. The van der Waals surface area contributed by atoms with E-state index in [0.717, 1.165) is 28.3 Å². The van der Waals surface area contributed by atoms with Gasteiger partial charge in [0.25, 0.3) is 5.91 Å². The largest absolute Gasteiger partial charge is 0.350 e. The third kappa shape index (κ3) is 4.76. The van der Waals surface area contributed by atoms with Crippen LogP contribution in [0.1, 0.15) is 30.4 Å². The number of amides is 1. The van der Waals surface area contributed by atoms with E-state index in [9.17, 15) is 13.2 Å². The number of nitrogens with zero attached hydrogens (tertiary/aromatic N) is 1. The van der Waals surface area contributed by atoms with Gasteiger partial charge in [-0.15, -0.1) is 0 Å². The van der Waals surface area contributed by atoms with Crippen molar-refractivity contribution in [1.82, 2.24) is 9.79 Å². The van der Waals surface area contributed by atoms with Crippen LogP contribution in [0.25, 0.3) is 0 Å². The van der Waals surface area contributed by atoms with E-state index in [2.05, 4.69) is 5.48 Å². The Morgan fingerprint density at radius 3 is 2.71 bits per heavy atom. The number of likely N-dealkylation sites (N-methyl/N-ethyl adjacent to an activating group) is 1.